The van der Waals surface area contributed by atoms with E-state index in [4.69, 9.17) is 5.21 Å². The predicted octanol–water partition coefficient (Wildman–Crippen LogP) is -0.374. The Hall–Kier alpha value is 0.240. The number of allylic oxidation sites excluding steroid dienone is 1. The van der Waals surface area contributed by atoms with Crippen LogP contribution in [0.15, 0.2) is 12.3 Å². The van der Waals surface area contributed by atoms with Crippen molar-refractivity contribution in [3.8, 4) is 0 Å². The topological polar surface area (TPSA) is 23.5 Å². The van der Waals surface area contributed by atoms with Gasteiger partial charge in [0.05, 0.1) is 0 Å². The maximum absolute atomic E-state index is 8.53. The van der Waals surface area contributed by atoms with Crippen LogP contribution in [0.25, 0.3) is 0 Å². The molecule has 2 nitrogen and oxygen atoms in total. The molecule has 0 aromatic heterocycles. The third-order valence-corrected chi connectivity index (χ3v) is 3.08. The second-order valence-electron chi connectivity index (χ2n) is 1.06. The van der Waals surface area contributed by atoms with Gasteiger partial charge in [-0.25, -0.2) is 0 Å². The number of rotatable bonds is 0. The van der Waals surface area contributed by atoms with E-state index in [0.717, 1.165) is 0 Å². The molecule has 1 N–H and O–H groups in total. The van der Waals surface area contributed by atoms with Crippen LogP contribution >= 0.6 is 0 Å². The number of nitrogens with zero attached hydrogens (tertiary/aromatic N) is 1. The molecule has 0 aromatic rings. The molecule has 1 rings (SSSR count). The summed E-state index contributed by atoms with van der Waals surface area (Å²) in [6.07, 6.45) is 3.59. The number of hydrogen-bond acceptors (Lipinski definition) is 2. The molecule has 0 atom stereocenters. The fourth-order valence-corrected chi connectivity index (χ4v) is 1.96. The van der Waals surface area contributed by atoms with Crippen LogP contribution in [-0.4, -0.2) is 34.7 Å². The molecule has 1 aliphatic heterocycles. The first-order chi connectivity index (χ1) is 2.89. The van der Waals surface area contributed by atoms with E-state index in [2.05, 4.69) is 3.76 Å². The molecule has 30 valence electrons. The quantitative estimate of drug-likeness (QED) is 0.556. The van der Waals surface area contributed by atoms with Crippen molar-refractivity contribution in [1.82, 2.24) is 3.05 Å². The van der Waals surface area contributed by atoms with Crippen LogP contribution in [0.4, 0.5) is 0 Å². The van der Waals surface area contributed by atoms with Crippen LogP contribution < -0.4 is 0 Å². The second-order valence-corrected chi connectivity index (χ2v) is 4.52. The van der Waals surface area contributed by atoms with Gasteiger partial charge in [-0.05, 0) is 0 Å². The fraction of sp³-hybridized carbons (Fsp3) is 0. The molecule has 0 fully saturated rings. The van der Waals surface area contributed by atoms with E-state index in [0.29, 0.717) is 0 Å². The zero-order valence-corrected chi connectivity index (χ0v) is 6.50. The molecule has 0 bridgehead atoms. The van der Waals surface area contributed by atoms with Gasteiger partial charge in [-0.1, -0.05) is 0 Å². The van der Waals surface area contributed by atoms with Gasteiger partial charge in [0.15, 0.2) is 0 Å². The van der Waals surface area contributed by atoms with Crippen molar-refractivity contribution in [2.75, 3.05) is 0 Å². The average Bonchev–Trinajstić information content (AvgIpc) is 1.86. The Balaban J connectivity index is 2.60. The summed E-state index contributed by atoms with van der Waals surface area (Å²) in [7, 11) is 0. The minimum absolute atomic E-state index is 0.754. The first kappa shape index (κ1) is 4.40. The molecule has 6 heavy (non-hydrogen) atoms. The summed E-state index contributed by atoms with van der Waals surface area (Å²) in [5.74, 6) is 0. The summed E-state index contributed by atoms with van der Waals surface area (Å²) in [6, 6.07) is 0. The van der Waals surface area contributed by atoms with Crippen molar-refractivity contribution >= 4 is 26.5 Å². The van der Waals surface area contributed by atoms with Gasteiger partial charge in [0.1, 0.15) is 0 Å². The minimum atomic E-state index is -0.754. The van der Waals surface area contributed by atoms with Crippen LogP contribution in [0.5, 0.6) is 0 Å². The molecule has 0 amide bonds. The Morgan fingerprint density at radius 2 is 2.50 bits per heavy atom. The summed E-state index contributed by atoms with van der Waals surface area (Å²) >= 11 is -0.754. The maximum atomic E-state index is 8.53. The van der Waals surface area contributed by atoms with Crippen LogP contribution in [-0.2, 0) is 0 Å². The molecule has 0 aliphatic carbocycles. The van der Waals surface area contributed by atoms with Gasteiger partial charge in [0.2, 0.25) is 0 Å². The molecular weight excluding hydrogens is 181 g/mol. The summed E-state index contributed by atoms with van der Waals surface area (Å²) in [5, 5.41) is 8.53. The zero-order valence-electron chi connectivity index (χ0n) is 3.20. The van der Waals surface area contributed by atoms with E-state index in [-0.39, 0.29) is 0 Å². The van der Waals surface area contributed by atoms with Crippen LogP contribution in [0, 0.1) is 0 Å². The van der Waals surface area contributed by atoms with Crippen molar-refractivity contribution in [2.45, 2.75) is 0 Å². The van der Waals surface area contributed by atoms with Gasteiger partial charge in [-0.2, -0.15) is 0 Å². The molecule has 0 saturated carbocycles. The first-order valence-electron chi connectivity index (χ1n) is 1.72. The third-order valence-electron chi connectivity index (χ3n) is 0.589. The average molecular weight is 185 g/mol. The molecule has 0 aromatic carbocycles. The van der Waals surface area contributed by atoms with Gasteiger partial charge >= 0.3 is 47.0 Å². The molecule has 0 saturated heterocycles. The Bertz CT molecular complexity index is 87.0. The monoisotopic (exact) mass is 185 g/mol. The Labute approximate surface area is 47.3 Å². The van der Waals surface area contributed by atoms with E-state index in [1.54, 1.807) is 6.20 Å². The Morgan fingerprint density at radius 1 is 1.67 bits per heavy atom. The standard InChI is InChI=1S/C3H4NO.In/c1-2-3-4-5;/h1-3,5H;/q-1;+1. The predicted molar refractivity (Wildman–Crippen MR) is 24.6 cm³/mol. The van der Waals surface area contributed by atoms with Gasteiger partial charge in [0.25, 0.3) is 0 Å². The van der Waals surface area contributed by atoms with Gasteiger partial charge in [-0.15, -0.1) is 0 Å². The second kappa shape index (κ2) is 1.80. The van der Waals surface area contributed by atoms with Crippen molar-refractivity contribution in [2.24, 2.45) is 0 Å². The fourth-order valence-electron chi connectivity index (χ4n) is 0.325. The van der Waals surface area contributed by atoms with Crippen LogP contribution in [0.2, 0.25) is 0 Å². The van der Waals surface area contributed by atoms with Gasteiger partial charge in [-0.3, -0.25) is 0 Å². The SMILES string of the molecule is O[N]1C=C[CH]=[In]1. The molecule has 0 spiro atoms. The van der Waals surface area contributed by atoms with Crippen molar-refractivity contribution in [3.05, 3.63) is 12.3 Å². The van der Waals surface area contributed by atoms with E-state index in [9.17, 15) is 0 Å². The third kappa shape index (κ3) is 0.849. The summed E-state index contributed by atoms with van der Waals surface area (Å²) in [6.45, 7) is 0. The Kier molecular flexibility index (Phi) is 1.32. The zero-order chi connectivity index (χ0) is 4.41. The van der Waals surface area contributed by atoms with Crippen molar-refractivity contribution in [3.63, 3.8) is 0 Å². The van der Waals surface area contributed by atoms with Crippen LogP contribution in [0.1, 0.15) is 0 Å². The van der Waals surface area contributed by atoms with Gasteiger partial charge < -0.3 is 0 Å². The Morgan fingerprint density at radius 3 is 2.67 bits per heavy atom. The summed E-state index contributed by atoms with van der Waals surface area (Å²) < 4.78 is 3.38. The van der Waals surface area contributed by atoms with E-state index in [1.807, 2.05) is 6.08 Å². The number of hydroxylamine groups is 1. The molecule has 1 aliphatic rings. The summed E-state index contributed by atoms with van der Waals surface area (Å²) in [4.78, 5) is 0. The molecular formula is C3H4InNO. The van der Waals surface area contributed by atoms with Crippen molar-refractivity contribution < 1.29 is 5.21 Å². The van der Waals surface area contributed by atoms with E-state index < -0.39 is 22.7 Å². The molecule has 1 heterocycles. The van der Waals surface area contributed by atoms with E-state index in [1.165, 1.54) is 3.05 Å². The van der Waals surface area contributed by atoms with Gasteiger partial charge in [0, 0.05) is 0 Å². The normalized spacial score (nSPS) is 15.8. The van der Waals surface area contributed by atoms with Crippen molar-refractivity contribution in [1.29, 1.82) is 0 Å². The molecule has 0 unspecified atom stereocenters. The molecule has 0 radical (unpaired) electrons. The number of hydrogen-bond donors (Lipinski definition) is 1. The van der Waals surface area contributed by atoms with E-state index >= 15 is 0 Å². The first-order valence-corrected chi connectivity index (χ1v) is 5.09. The summed E-state index contributed by atoms with van der Waals surface area (Å²) in [5.41, 5.74) is 0. The molecule has 3 heteroatoms. The van der Waals surface area contributed by atoms with Crippen LogP contribution in [0.3, 0.4) is 0 Å².